The van der Waals surface area contributed by atoms with Gasteiger partial charge in [-0.3, -0.25) is 0 Å². The molecular weight excluding hydrogens is 260 g/mol. The second kappa shape index (κ2) is 4.36. The number of hydrogen-bond donors (Lipinski definition) is 0. The van der Waals surface area contributed by atoms with Crippen LogP contribution in [-0.4, -0.2) is 18.1 Å². The van der Waals surface area contributed by atoms with E-state index in [1.165, 1.54) is 25.2 Å². The van der Waals surface area contributed by atoms with E-state index in [9.17, 15) is 0 Å². The van der Waals surface area contributed by atoms with Gasteiger partial charge in [0.15, 0.2) is 12.2 Å². The van der Waals surface area contributed by atoms with Crippen molar-refractivity contribution in [1.82, 2.24) is 4.98 Å². The smallest absolute Gasteiger partial charge is 0.181 e. The second-order valence-electron chi connectivity index (χ2n) is 7.54. The van der Waals surface area contributed by atoms with Crippen LogP contribution in [0.25, 0.3) is 11.3 Å². The maximum Gasteiger partial charge on any atom is 0.181 e. The van der Waals surface area contributed by atoms with Crippen molar-refractivity contribution in [3.63, 3.8) is 0 Å². The van der Waals surface area contributed by atoms with Crippen molar-refractivity contribution in [2.75, 3.05) is 18.0 Å². The number of anilines is 1. The average Bonchev–Trinajstić information content (AvgIpc) is 2.87. The molecule has 2 atom stereocenters. The lowest BCUT2D eigenvalue weighted by atomic mass is 9.87. The van der Waals surface area contributed by atoms with Gasteiger partial charge in [-0.2, -0.15) is 0 Å². The monoisotopic (exact) mass is 282 g/mol. The van der Waals surface area contributed by atoms with Gasteiger partial charge in [-0.05, 0) is 47.4 Å². The molecule has 3 nitrogen and oxygen atoms in total. The van der Waals surface area contributed by atoms with Gasteiger partial charge in [0.25, 0.3) is 0 Å². The molecule has 0 N–H and O–H groups in total. The number of benzene rings is 1. The molecule has 1 aromatic carbocycles. The van der Waals surface area contributed by atoms with E-state index in [1.807, 2.05) is 0 Å². The van der Waals surface area contributed by atoms with Crippen molar-refractivity contribution < 1.29 is 4.42 Å². The quantitative estimate of drug-likeness (QED) is 0.831. The number of fused-ring (bicyclic) bond motifs is 1. The second-order valence-corrected chi connectivity index (χ2v) is 7.54. The van der Waals surface area contributed by atoms with E-state index in [0.717, 1.165) is 29.1 Å². The number of nitrogens with zero attached hydrogens (tertiary/aromatic N) is 2. The lowest BCUT2D eigenvalue weighted by Crippen LogP contribution is -2.27. The van der Waals surface area contributed by atoms with Crippen LogP contribution >= 0.6 is 0 Å². The zero-order valence-corrected chi connectivity index (χ0v) is 12.9. The van der Waals surface area contributed by atoms with E-state index < -0.39 is 0 Å². The first-order valence-corrected chi connectivity index (χ1v) is 7.78. The summed E-state index contributed by atoms with van der Waals surface area (Å²) in [5.74, 6) is 3.55. The third kappa shape index (κ3) is 2.15. The van der Waals surface area contributed by atoms with Crippen LogP contribution in [0, 0.1) is 23.2 Å². The van der Waals surface area contributed by atoms with Gasteiger partial charge < -0.3 is 9.32 Å². The van der Waals surface area contributed by atoms with Crippen LogP contribution in [0.2, 0.25) is 0 Å². The molecule has 0 amide bonds. The van der Waals surface area contributed by atoms with Crippen LogP contribution in [0.15, 0.2) is 41.3 Å². The minimum absolute atomic E-state index is 0.470. The summed E-state index contributed by atoms with van der Waals surface area (Å²) in [6.45, 7) is 9.58. The number of oxazole rings is 1. The molecule has 1 saturated heterocycles. The van der Waals surface area contributed by atoms with Crippen molar-refractivity contribution >= 4 is 5.69 Å². The SMILES string of the molecule is CC(C)(C)C1C2CN(c3ccc(-c4cnco4)cc3)CC21. The lowest BCUT2D eigenvalue weighted by Gasteiger charge is -2.27. The Morgan fingerprint density at radius 2 is 1.76 bits per heavy atom. The van der Waals surface area contributed by atoms with Gasteiger partial charge in [0.1, 0.15) is 0 Å². The first kappa shape index (κ1) is 12.9. The molecule has 1 aromatic heterocycles. The van der Waals surface area contributed by atoms with Gasteiger partial charge in [-0.15, -0.1) is 0 Å². The minimum Gasteiger partial charge on any atom is -0.444 e. The Morgan fingerprint density at radius 1 is 1.10 bits per heavy atom. The van der Waals surface area contributed by atoms with E-state index >= 15 is 0 Å². The Kier molecular flexibility index (Phi) is 2.69. The molecular formula is C18H22N2O. The van der Waals surface area contributed by atoms with Crippen molar-refractivity contribution in [1.29, 1.82) is 0 Å². The van der Waals surface area contributed by atoms with Crippen molar-refractivity contribution in [3.05, 3.63) is 36.9 Å². The van der Waals surface area contributed by atoms with Crippen molar-refractivity contribution in [2.24, 2.45) is 23.2 Å². The molecule has 4 rings (SSSR count). The summed E-state index contributed by atoms with van der Waals surface area (Å²) in [5.41, 5.74) is 2.89. The van der Waals surface area contributed by atoms with Crippen molar-refractivity contribution in [2.45, 2.75) is 20.8 Å². The summed E-state index contributed by atoms with van der Waals surface area (Å²) < 4.78 is 5.34. The van der Waals surface area contributed by atoms with Crippen LogP contribution < -0.4 is 4.90 Å². The Bertz CT molecular complexity index is 612. The normalized spacial score (nSPS) is 27.8. The minimum atomic E-state index is 0.470. The summed E-state index contributed by atoms with van der Waals surface area (Å²) in [4.78, 5) is 6.50. The zero-order chi connectivity index (χ0) is 14.6. The number of aromatic nitrogens is 1. The Balaban J connectivity index is 1.46. The number of rotatable bonds is 2. The summed E-state index contributed by atoms with van der Waals surface area (Å²) in [6.07, 6.45) is 3.23. The zero-order valence-electron chi connectivity index (χ0n) is 12.9. The largest absolute Gasteiger partial charge is 0.444 e. The molecule has 2 heterocycles. The first-order chi connectivity index (χ1) is 10.0. The van der Waals surface area contributed by atoms with Gasteiger partial charge >= 0.3 is 0 Å². The van der Waals surface area contributed by atoms with Gasteiger partial charge in [-0.1, -0.05) is 20.8 Å². The van der Waals surface area contributed by atoms with Gasteiger partial charge in [0.2, 0.25) is 0 Å². The predicted octanol–water partition coefficient (Wildman–Crippen LogP) is 4.07. The molecule has 2 fully saturated rings. The maximum atomic E-state index is 5.34. The molecule has 110 valence electrons. The van der Waals surface area contributed by atoms with Crippen molar-refractivity contribution in [3.8, 4) is 11.3 Å². The van der Waals surface area contributed by atoms with E-state index in [-0.39, 0.29) is 0 Å². The molecule has 21 heavy (non-hydrogen) atoms. The third-order valence-corrected chi connectivity index (χ3v) is 5.14. The Hall–Kier alpha value is -1.77. The van der Waals surface area contributed by atoms with E-state index in [4.69, 9.17) is 4.42 Å². The van der Waals surface area contributed by atoms with E-state index in [2.05, 4.69) is 54.9 Å². The topological polar surface area (TPSA) is 29.3 Å². The molecule has 2 aliphatic rings. The molecule has 3 heteroatoms. The fourth-order valence-electron chi connectivity index (χ4n) is 4.22. The van der Waals surface area contributed by atoms with E-state index in [1.54, 1.807) is 6.20 Å². The molecule has 0 spiro atoms. The highest BCUT2D eigenvalue weighted by molar-refractivity contribution is 5.61. The van der Waals surface area contributed by atoms with Crippen LogP contribution in [0.1, 0.15) is 20.8 Å². The predicted molar refractivity (Wildman–Crippen MR) is 84.1 cm³/mol. The van der Waals surface area contributed by atoms with Crippen LogP contribution in [0.5, 0.6) is 0 Å². The first-order valence-electron chi connectivity index (χ1n) is 7.78. The maximum absolute atomic E-state index is 5.34. The highest BCUT2D eigenvalue weighted by Crippen LogP contribution is 2.60. The molecule has 1 aliphatic carbocycles. The van der Waals surface area contributed by atoms with Crippen LogP contribution in [0.3, 0.4) is 0 Å². The fourth-order valence-corrected chi connectivity index (χ4v) is 4.22. The Labute approximate surface area is 126 Å². The standard InChI is InChI=1S/C18H22N2O/c1-18(2,3)17-14-9-20(10-15(14)17)13-6-4-12(5-7-13)16-8-19-11-21-16/h4-8,11,14-15,17H,9-10H2,1-3H3. The summed E-state index contributed by atoms with van der Waals surface area (Å²) in [6, 6.07) is 8.66. The number of hydrogen-bond acceptors (Lipinski definition) is 3. The fraction of sp³-hybridized carbons (Fsp3) is 0.500. The summed E-state index contributed by atoms with van der Waals surface area (Å²) in [7, 11) is 0. The summed E-state index contributed by atoms with van der Waals surface area (Å²) >= 11 is 0. The highest BCUT2D eigenvalue weighted by Gasteiger charge is 2.59. The number of piperidine rings is 1. The average molecular weight is 282 g/mol. The van der Waals surface area contributed by atoms with Gasteiger partial charge in [0, 0.05) is 24.3 Å². The highest BCUT2D eigenvalue weighted by atomic mass is 16.3. The summed E-state index contributed by atoms with van der Waals surface area (Å²) in [5, 5.41) is 0. The molecule has 1 saturated carbocycles. The molecule has 2 aromatic rings. The third-order valence-electron chi connectivity index (χ3n) is 5.14. The van der Waals surface area contributed by atoms with Crippen LogP contribution in [-0.2, 0) is 0 Å². The molecule has 2 unspecified atom stereocenters. The molecule has 0 bridgehead atoms. The van der Waals surface area contributed by atoms with Gasteiger partial charge in [-0.25, -0.2) is 4.98 Å². The Morgan fingerprint density at radius 3 is 2.29 bits per heavy atom. The molecule has 1 aliphatic heterocycles. The molecule has 0 radical (unpaired) electrons. The van der Waals surface area contributed by atoms with Crippen LogP contribution in [0.4, 0.5) is 5.69 Å². The van der Waals surface area contributed by atoms with E-state index in [0.29, 0.717) is 5.41 Å². The lowest BCUT2D eigenvalue weighted by molar-refractivity contribution is 0.309. The van der Waals surface area contributed by atoms with Gasteiger partial charge in [0.05, 0.1) is 6.20 Å².